The van der Waals surface area contributed by atoms with E-state index in [0.29, 0.717) is 30.0 Å². The largest absolute Gasteiger partial charge is 0.396 e. The summed E-state index contributed by atoms with van der Waals surface area (Å²) in [5.41, 5.74) is 2.73. The molecule has 2 fully saturated rings. The zero-order valence-electron chi connectivity index (χ0n) is 11.9. The van der Waals surface area contributed by atoms with Crippen LogP contribution in [0.3, 0.4) is 0 Å². The summed E-state index contributed by atoms with van der Waals surface area (Å²) in [4.78, 5) is 12.2. The van der Waals surface area contributed by atoms with Crippen molar-refractivity contribution in [2.75, 3.05) is 6.61 Å². The minimum Gasteiger partial charge on any atom is -0.396 e. The Bertz CT molecular complexity index is 446. The highest BCUT2D eigenvalue weighted by molar-refractivity contribution is 6.00. The molecule has 18 heavy (non-hydrogen) atoms. The Kier molecular flexibility index (Phi) is 2.39. The van der Waals surface area contributed by atoms with E-state index < -0.39 is 0 Å². The third-order valence-corrected chi connectivity index (χ3v) is 6.78. The average Bonchev–Trinajstić information content (AvgIpc) is 2.62. The normalized spacial score (nSPS) is 45.6. The van der Waals surface area contributed by atoms with Crippen molar-refractivity contribution in [1.29, 1.82) is 0 Å². The molecule has 0 aliphatic heterocycles. The zero-order chi connectivity index (χ0) is 13.3. The fourth-order valence-corrected chi connectivity index (χ4v) is 5.42. The molecule has 3 aliphatic rings. The van der Waals surface area contributed by atoms with E-state index in [1.54, 1.807) is 0 Å². The lowest BCUT2D eigenvalue weighted by Gasteiger charge is -2.54. The van der Waals surface area contributed by atoms with E-state index in [1.807, 2.05) is 6.92 Å². The van der Waals surface area contributed by atoms with Crippen LogP contribution in [0, 0.1) is 28.6 Å². The maximum absolute atomic E-state index is 12.2. The van der Waals surface area contributed by atoms with E-state index in [2.05, 4.69) is 20.8 Å². The van der Waals surface area contributed by atoms with Crippen molar-refractivity contribution in [3.63, 3.8) is 0 Å². The van der Waals surface area contributed by atoms with E-state index in [0.717, 1.165) is 18.4 Å². The molecule has 2 nitrogen and oxygen atoms in total. The van der Waals surface area contributed by atoms with E-state index in [9.17, 15) is 9.90 Å². The monoisotopic (exact) mass is 248 g/mol. The topological polar surface area (TPSA) is 37.3 Å². The van der Waals surface area contributed by atoms with Gasteiger partial charge in [0.1, 0.15) is 0 Å². The molecule has 0 aromatic rings. The standard InChI is InChI=1S/C16H24O2/c1-9-13-6-12-5-11(8-17)10(2)16(13,7-14(9)18)15(12,3)4/h10-12,17H,5-8H2,1-4H3. The molecule has 2 heteroatoms. The highest BCUT2D eigenvalue weighted by Crippen LogP contribution is 2.72. The molecule has 3 aliphatic carbocycles. The molecule has 0 amide bonds. The van der Waals surface area contributed by atoms with Crippen LogP contribution < -0.4 is 0 Å². The van der Waals surface area contributed by atoms with Gasteiger partial charge in [-0.25, -0.2) is 0 Å². The Labute approximate surface area is 109 Å². The van der Waals surface area contributed by atoms with Gasteiger partial charge in [0.25, 0.3) is 0 Å². The molecular formula is C16H24O2. The Morgan fingerprint density at radius 1 is 1.39 bits per heavy atom. The van der Waals surface area contributed by atoms with Gasteiger partial charge in [-0.1, -0.05) is 26.3 Å². The van der Waals surface area contributed by atoms with Gasteiger partial charge in [0, 0.05) is 18.4 Å². The lowest BCUT2D eigenvalue weighted by Crippen LogP contribution is -2.49. The van der Waals surface area contributed by atoms with Crippen molar-refractivity contribution in [3.8, 4) is 0 Å². The third kappa shape index (κ3) is 1.11. The number of aliphatic hydroxyl groups excluding tert-OH is 1. The molecule has 0 aromatic heterocycles. The highest BCUT2D eigenvalue weighted by atomic mass is 16.3. The van der Waals surface area contributed by atoms with Gasteiger partial charge in [0.2, 0.25) is 0 Å². The molecule has 2 saturated carbocycles. The molecule has 100 valence electrons. The smallest absolute Gasteiger partial charge is 0.159 e. The number of hydrogen-bond acceptors (Lipinski definition) is 2. The van der Waals surface area contributed by atoms with Crippen LogP contribution in [0.4, 0.5) is 0 Å². The number of allylic oxidation sites excluding steroid dienone is 2. The minimum absolute atomic E-state index is 0.0461. The van der Waals surface area contributed by atoms with Gasteiger partial charge in [-0.15, -0.1) is 0 Å². The molecule has 1 spiro atoms. The van der Waals surface area contributed by atoms with Gasteiger partial charge in [-0.05, 0) is 48.5 Å². The number of rotatable bonds is 1. The van der Waals surface area contributed by atoms with Gasteiger partial charge in [-0.3, -0.25) is 4.79 Å². The molecular weight excluding hydrogens is 224 g/mol. The van der Waals surface area contributed by atoms with Crippen LogP contribution in [-0.2, 0) is 4.79 Å². The predicted molar refractivity (Wildman–Crippen MR) is 71.0 cm³/mol. The molecule has 4 unspecified atom stereocenters. The van der Waals surface area contributed by atoms with Crippen molar-refractivity contribution in [2.45, 2.75) is 47.0 Å². The minimum atomic E-state index is 0.0461. The fraction of sp³-hybridized carbons (Fsp3) is 0.812. The summed E-state index contributed by atoms with van der Waals surface area (Å²) >= 11 is 0. The Morgan fingerprint density at radius 2 is 2.06 bits per heavy atom. The second-order valence-corrected chi connectivity index (χ2v) is 7.26. The second-order valence-electron chi connectivity index (χ2n) is 7.26. The predicted octanol–water partition coefficient (Wildman–Crippen LogP) is 2.96. The summed E-state index contributed by atoms with van der Waals surface area (Å²) in [6.45, 7) is 9.25. The summed E-state index contributed by atoms with van der Waals surface area (Å²) in [6, 6.07) is 0. The number of hydrogen-bond donors (Lipinski definition) is 1. The Balaban J connectivity index is 2.19. The maximum atomic E-state index is 12.2. The molecule has 0 aromatic carbocycles. The lowest BCUT2D eigenvalue weighted by molar-refractivity contribution is -0.122. The first-order valence-electron chi connectivity index (χ1n) is 7.20. The highest BCUT2D eigenvalue weighted by Gasteiger charge is 2.67. The fourth-order valence-electron chi connectivity index (χ4n) is 5.42. The summed E-state index contributed by atoms with van der Waals surface area (Å²) in [5.74, 6) is 1.79. The van der Waals surface area contributed by atoms with Gasteiger partial charge < -0.3 is 5.11 Å². The van der Waals surface area contributed by atoms with Gasteiger partial charge >= 0.3 is 0 Å². The van der Waals surface area contributed by atoms with Crippen LogP contribution in [-0.4, -0.2) is 17.5 Å². The lowest BCUT2D eigenvalue weighted by atomic mass is 9.50. The SMILES string of the molecule is CC1=C2CC3CC(CO)C(C)C2(CC1=O)C3(C)C. The molecule has 0 saturated heterocycles. The van der Waals surface area contributed by atoms with Gasteiger partial charge in [-0.2, -0.15) is 0 Å². The molecule has 0 radical (unpaired) electrons. The zero-order valence-corrected chi connectivity index (χ0v) is 11.9. The van der Waals surface area contributed by atoms with E-state index in [4.69, 9.17) is 0 Å². The average molecular weight is 248 g/mol. The van der Waals surface area contributed by atoms with Crippen molar-refractivity contribution in [3.05, 3.63) is 11.1 Å². The number of fused-ring (bicyclic) bond motifs is 1. The van der Waals surface area contributed by atoms with Crippen LogP contribution in [0.2, 0.25) is 0 Å². The summed E-state index contributed by atoms with van der Waals surface area (Å²) in [7, 11) is 0. The number of ketones is 1. The van der Waals surface area contributed by atoms with Crippen molar-refractivity contribution in [1.82, 2.24) is 0 Å². The first kappa shape index (κ1) is 12.4. The number of aliphatic hydroxyl groups is 1. The third-order valence-electron chi connectivity index (χ3n) is 6.78. The van der Waals surface area contributed by atoms with Crippen LogP contribution >= 0.6 is 0 Å². The van der Waals surface area contributed by atoms with E-state index >= 15 is 0 Å². The Morgan fingerprint density at radius 3 is 2.67 bits per heavy atom. The quantitative estimate of drug-likeness (QED) is 0.774. The number of carbonyl (C=O) groups is 1. The molecule has 4 atom stereocenters. The van der Waals surface area contributed by atoms with E-state index in [-0.39, 0.29) is 17.4 Å². The van der Waals surface area contributed by atoms with Gasteiger partial charge in [0.05, 0.1) is 0 Å². The number of carbonyl (C=O) groups excluding carboxylic acids is 1. The van der Waals surface area contributed by atoms with Crippen molar-refractivity contribution < 1.29 is 9.90 Å². The van der Waals surface area contributed by atoms with Crippen LogP contribution in [0.1, 0.15) is 47.0 Å². The van der Waals surface area contributed by atoms with Crippen molar-refractivity contribution in [2.24, 2.45) is 28.6 Å². The van der Waals surface area contributed by atoms with Crippen molar-refractivity contribution >= 4 is 5.78 Å². The number of Topliss-reactive ketones (excluding diaryl/α,β-unsaturated/α-hetero) is 1. The van der Waals surface area contributed by atoms with E-state index in [1.165, 1.54) is 5.57 Å². The molecule has 2 bridgehead atoms. The van der Waals surface area contributed by atoms with Gasteiger partial charge in [0.15, 0.2) is 5.78 Å². The first-order chi connectivity index (χ1) is 8.36. The molecule has 1 N–H and O–H groups in total. The Hall–Kier alpha value is -0.630. The second kappa shape index (κ2) is 3.47. The van der Waals surface area contributed by atoms with Crippen LogP contribution in [0.25, 0.3) is 0 Å². The summed E-state index contributed by atoms with van der Waals surface area (Å²) in [5, 5.41) is 9.64. The molecule has 3 rings (SSSR count). The van der Waals surface area contributed by atoms with Crippen LogP contribution in [0.15, 0.2) is 11.1 Å². The summed E-state index contributed by atoms with van der Waals surface area (Å²) in [6.07, 6.45) is 2.90. The van der Waals surface area contributed by atoms with Crippen LogP contribution in [0.5, 0.6) is 0 Å². The summed E-state index contributed by atoms with van der Waals surface area (Å²) < 4.78 is 0. The maximum Gasteiger partial charge on any atom is 0.159 e. The first-order valence-corrected chi connectivity index (χ1v) is 7.20. The molecule has 0 heterocycles.